The van der Waals surface area contributed by atoms with E-state index in [-0.39, 0.29) is 0 Å². The van der Waals surface area contributed by atoms with Crippen molar-refractivity contribution in [1.29, 1.82) is 5.26 Å². The third-order valence-corrected chi connectivity index (χ3v) is 3.21. The first kappa shape index (κ1) is 13.0. The fourth-order valence-electron chi connectivity index (χ4n) is 2.14. The van der Waals surface area contributed by atoms with Crippen molar-refractivity contribution in [1.82, 2.24) is 0 Å². The molecule has 2 aromatic rings. The molecule has 0 saturated heterocycles. The predicted molar refractivity (Wildman–Crippen MR) is 73.4 cm³/mol. The number of fused-ring (bicyclic) bond motifs is 1. The van der Waals surface area contributed by atoms with Gasteiger partial charge >= 0.3 is 5.97 Å². The molecule has 1 atom stereocenters. The molecule has 1 heterocycles. The Kier molecular flexibility index (Phi) is 3.20. The normalized spacial score (nSPS) is 15.7. The standard InChI is InChI=1S/C16H11NO4/c17-9-10-1-4-12(5-2-10)20-13-6-3-11-7-15(16(18)19)21-14(11)8-13/h1-6,8,15H,7H2,(H,18,19). The zero-order valence-corrected chi connectivity index (χ0v) is 10.9. The van der Waals surface area contributed by atoms with E-state index in [1.165, 1.54) is 0 Å². The van der Waals surface area contributed by atoms with E-state index in [2.05, 4.69) is 0 Å². The molecule has 0 aromatic heterocycles. The maximum Gasteiger partial charge on any atom is 0.345 e. The Labute approximate surface area is 121 Å². The smallest absolute Gasteiger partial charge is 0.345 e. The molecule has 0 amide bonds. The first-order valence-corrected chi connectivity index (χ1v) is 6.36. The van der Waals surface area contributed by atoms with E-state index in [9.17, 15) is 4.79 Å². The number of ether oxygens (including phenoxy) is 2. The summed E-state index contributed by atoms with van der Waals surface area (Å²) in [4.78, 5) is 10.9. The van der Waals surface area contributed by atoms with Crippen molar-refractivity contribution >= 4 is 5.97 Å². The van der Waals surface area contributed by atoms with Crippen molar-refractivity contribution in [3.63, 3.8) is 0 Å². The van der Waals surface area contributed by atoms with Gasteiger partial charge in [0.1, 0.15) is 17.2 Å². The van der Waals surface area contributed by atoms with Crippen molar-refractivity contribution in [3.05, 3.63) is 53.6 Å². The Hall–Kier alpha value is -3.00. The van der Waals surface area contributed by atoms with E-state index in [4.69, 9.17) is 19.8 Å². The lowest BCUT2D eigenvalue weighted by Gasteiger charge is -2.08. The number of carboxylic acids is 1. The average molecular weight is 281 g/mol. The first-order chi connectivity index (χ1) is 10.2. The van der Waals surface area contributed by atoms with Crippen LogP contribution in [0.4, 0.5) is 0 Å². The van der Waals surface area contributed by atoms with E-state index in [1.807, 2.05) is 6.07 Å². The SMILES string of the molecule is N#Cc1ccc(Oc2ccc3c(c2)OC(C(=O)O)C3)cc1. The van der Waals surface area contributed by atoms with E-state index >= 15 is 0 Å². The number of aliphatic carboxylic acids is 1. The van der Waals surface area contributed by atoms with E-state index < -0.39 is 12.1 Å². The van der Waals surface area contributed by atoms with Gasteiger partial charge in [0.25, 0.3) is 0 Å². The topological polar surface area (TPSA) is 79.5 Å². The second kappa shape index (κ2) is 5.17. The number of hydrogen-bond acceptors (Lipinski definition) is 4. The Morgan fingerprint density at radius 1 is 1.24 bits per heavy atom. The molecule has 5 nitrogen and oxygen atoms in total. The lowest BCUT2D eigenvalue weighted by molar-refractivity contribution is -0.144. The second-order valence-corrected chi connectivity index (χ2v) is 4.66. The van der Waals surface area contributed by atoms with Crippen LogP contribution in [0.15, 0.2) is 42.5 Å². The highest BCUT2D eigenvalue weighted by atomic mass is 16.5. The molecule has 1 aliphatic rings. The molecule has 1 aliphatic heterocycles. The summed E-state index contributed by atoms with van der Waals surface area (Å²) in [7, 11) is 0. The van der Waals surface area contributed by atoms with Crippen LogP contribution in [0.2, 0.25) is 0 Å². The fourth-order valence-corrected chi connectivity index (χ4v) is 2.14. The number of nitrogens with zero attached hydrogens (tertiary/aromatic N) is 1. The third kappa shape index (κ3) is 2.65. The minimum absolute atomic E-state index is 0.363. The molecule has 3 rings (SSSR count). The summed E-state index contributed by atoms with van der Waals surface area (Å²) in [6, 6.07) is 14.0. The Balaban J connectivity index is 1.78. The molecule has 0 radical (unpaired) electrons. The number of carboxylic acid groups (broad SMARTS) is 1. The number of carbonyl (C=O) groups is 1. The van der Waals surface area contributed by atoms with Crippen LogP contribution >= 0.6 is 0 Å². The largest absolute Gasteiger partial charge is 0.478 e. The second-order valence-electron chi connectivity index (χ2n) is 4.66. The summed E-state index contributed by atoms with van der Waals surface area (Å²) in [5.41, 5.74) is 1.42. The number of nitriles is 1. The van der Waals surface area contributed by atoms with E-state index in [0.717, 1.165) is 5.56 Å². The van der Waals surface area contributed by atoms with Crippen LogP contribution in [0.1, 0.15) is 11.1 Å². The van der Waals surface area contributed by atoms with Gasteiger partial charge in [-0.05, 0) is 35.9 Å². The summed E-state index contributed by atoms with van der Waals surface area (Å²) in [5, 5.41) is 17.7. The van der Waals surface area contributed by atoms with E-state index in [1.54, 1.807) is 42.5 Å². The average Bonchev–Trinajstić information content (AvgIpc) is 2.91. The molecule has 0 saturated carbocycles. The third-order valence-electron chi connectivity index (χ3n) is 3.21. The van der Waals surface area contributed by atoms with Crippen LogP contribution in [0.5, 0.6) is 17.2 Å². The molecule has 0 aliphatic carbocycles. The molecule has 0 spiro atoms. The zero-order chi connectivity index (χ0) is 14.8. The lowest BCUT2D eigenvalue weighted by Crippen LogP contribution is -2.24. The maximum atomic E-state index is 10.9. The lowest BCUT2D eigenvalue weighted by atomic mass is 10.1. The molecule has 0 fully saturated rings. The van der Waals surface area contributed by atoms with Crippen molar-refractivity contribution in [2.24, 2.45) is 0 Å². The van der Waals surface area contributed by atoms with Crippen molar-refractivity contribution in [2.45, 2.75) is 12.5 Å². The molecular weight excluding hydrogens is 270 g/mol. The molecule has 1 N–H and O–H groups in total. The van der Waals surface area contributed by atoms with Gasteiger partial charge in [0, 0.05) is 12.5 Å². The Bertz CT molecular complexity index is 731. The van der Waals surface area contributed by atoms with Crippen LogP contribution in [0, 0.1) is 11.3 Å². The number of hydrogen-bond donors (Lipinski definition) is 1. The minimum Gasteiger partial charge on any atom is -0.478 e. The summed E-state index contributed by atoms with van der Waals surface area (Å²) in [5.74, 6) is 0.723. The van der Waals surface area contributed by atoms with Crippen LogP contribution < -0.4 is 9.47 Å². The number of rotatable bonds is 3. The van der Waals surface area contributed by atoms with Gasteiger partial charge in [-0.25, -0.2) is 4.79 Å². The monoisotopic (exact) mass is 281 g/mol. The van der Waals surface area contributed by atoms with Crippen LogP contribution in [0.25, 0.3) is 0 Å². The minimum atomic E-state index is -0.972. The zero-order valence-electron chi connectivity index (χ0n) is 10.9. The highest BCUT2D eigenvalue weighted by Crippen LogP contribution is 2.34. The van der Waals surface area contributed by atoms with Gasteiger partial charge in [-0.2, -0.15) is 5.26 Å². The highest BCUT2D eigenvalue weighted by molar-refractivity contribution is 5.74. The Morgan fingerprint density at radius 3 is 2.62 bits per heavy atom. The fraction of sp³-hybridized carbons (Fsp3) is 0.125. The molecule has 2 aromatic carbocycles. The molecule has 0 bridgehead atoms. The maximum absolute atomic E-state index is 10.9. The van der Waals surface area contributed by atoms with Crippen LogP contribution in [-0.2, 0) is 11.2 Å². The van der Waals surface area contributed by atoms with Crippen molar-refractivity contribution < 1.29 is 19.4 Å². The summed E-state index contributed by atoms with van der Waals surface area (Å²) < 4.78 is 11.0. The highest BCUT2D eigenvalue weighted by Gasteiger charge is 2.28. The molecule has 104 valence electrons. The summed E-state index contributed by atoms with van der Waals surface area (Å²) in [6.07, 6.45) is -0.466. The van der Waals surface area contributed by atoms with Gasteiger partial charge < -0.3 is 14.6 Å². The van der Waals surface area contributed by atoms with Gasteiger partial charge in [-0.15, -0.1) is 0 Å². The summed E-state index contributed by atoms with van der Waals surface area (Å²) >= 11 is 0. The van der Waals surface area contributed by atoms with Gasteiger partial charge in [-0.3, -0.25) is 0 Å². The summed E-state index contributed by atoms with van der Waals surface area (Å²) in [6.45, 7) is 0. The molecule has 5 heteroatoms. The van der Waals surface area contributed by atoms with Crippen molar-refractivity contribution in [3.8, 4) is 23.3 Å². The van der Waals surface area contributed by atoms with E-state index in [0.29, 0.717) is 29.2 Å². The van der Waals surface area contributed by atoms with Crippen molar-refractivity contribution in [2.75, 3.05) is 0 Å². The van der Waals surface area contributed by atoms with Crippen LogP contribution in [-0.4, -0.2) is 17.2 Å². The van der Waals surface area contributed by atoms with Gasteiger partial charge in [-0.1, -0.05) is 6.07 Å². The molecule has 21 heavy (non-hydrogen) atoms. The Morgan fingerprint density at radius 2 is 1.95 bits per heavy atom. The molecular formula is C16H11NO4. The number of benzene rings is 2. The predicted octanol–water partition coefficient (Wildman–Crippen LogP) is 2.74. The quantitative estimate of drug-likeness (QED) is 0.935. The molecule has 1 unspecified atom stereocenters. The van der Waals surface area contributed by atoms with Crippen LogP contribution in [0.3, 0.4) is 0 Å². The van der Waals surface area contributed by atoms with Gasteiger partial charge in [0.05, 0.1) is 11.6 Å². The van der Waals surface area contributed by atoms with Gasteiger partial charge in [0.2, 0.25) is 0 Å². The van der Waals surface area contributed by atoms with Gasteiger partial charge in [0.15, 0.2) is 6.10 Å². The first-order valence-electron chi connectivity index (χ1n) is 6.36.